The highest BCUT2D eigenvalue weighted by Crippen LogP contribution is 2.41. The second kappa shape index (κ2) is 14.1. The summed E-state index contributed by atoms with van der Waals surface area (Å²) in [4.78, 5) is 13.2. The lowest BCUT2D eigenvalue weighted by atomic mass is 10.0. The van der Waals surface area contributed by atoms with Crippen molar-refractivity contribution >= 4 is 5.97 Å². The first-order valence-electron chi connectivity index (χ1n) is 11.4. The zero-order chi connectivity index (χ0) is 25.8. The minimum Gasteiger partial charge on any atom is -0.494 e. The van der Waals surface area contributed by atoms with E-state index in [-0.39, 0.29) is 49.2 Å². The first-order chi connectivity index (χ1) is 17.6. The molecule has 0 spiro atoms. The second-order valence-corrected chi connectivity index (χ2v) is 7.61. The van der Waals surface area contributed by atoms with Crippen molar-refractivity contribution in [3.05, 3.63) is 95.7 Å². The smallest absolute Gasteiger partial charge is 0.315 e. The summed E-state index contributed by atoms with van der Waals surface area (Å²) >= 11 is 0. The third-order valence-electron chi connectivity index (χ3n) is 5.17. The van der Waals surface area contributed by atoms with Gasteiger partial charge in [0, 0.05) is 19.8 Å². The zero-order valence-electron chi connectivity index (χ0n) is 20.6. The van der Waals surface area contributed by atoms with Crippen LogP contribution in [0.2, 0.25) is 0 Å². The molecule has 0 aliphatic carbocycles. The van der Waals surface area contributed by atoms with Gasteiger partial charge in [0.1, 0.15) is 19.6 Å². The van der Waals surface area contributed by atoms with Crippen LogP contribution in [0, 0.1) is 12.2 Å². The van der Waals surface area contributed by atoms with E-state index in [0.717, 1.165) is 11.1 Å². The summed E-state index contributed by atoms with van der Waals surface area (Å²) in [7, 11) is 4.35. The molecule has 3 aromatic carbocycles. The average molecular weight is 498 g/mol. The number of rotatable bonds is 14. The lowest BCUT2D eigenvalue weighted by Crippen LogP contribution is -2.16. The van der Waals surface area contributed by atoms with Gasteiger partial charge in [-0.1, -0.05) is 60.7 Å². The monoisotopic (exact) mass is 497 g/mol. The molecular weight excluding hydrogens is 467 g/mol. The van der Waals surface area contributed by atoms with Gasteiger partial charge in [0.15, 0.2) is 17.6 Å². The Hall–Kier alpha value is -3.62. The number of ether oxygens (including phenoxy) is 6. The Balaban J connectivity index is 1.93. The Kier molecular flexibility index (Phi) is 10.5. The van der Waals surface area contributed by atoms with Gasteiger partial charge in [0.2, 0.25) is 11.6 Å². The highest BCUT2D eigenvalue weighted by molar-refractivity contribution is 5.85. The molecule has 0 fully saturated rings. The highest BCUT2D eigenvalue weighted by atomic mass is 19.1. The van der Waals surface area contributed by atoms with Crippen LogP contribution in [0.3, 0.4) is 0 Å². The van der Waals surface area contributed by atoms with Gasteiger partial charge in [0.05, 0.1) is 20.3 Å². The Bertz CT molecular complexity index is 1050. The molecule has 0 unspecified atom stereocenters. The molecule has 191 valence electrons. The molecule has 3 rings (SSSR count). The maximum Gasteiger partial charge on any atom is 0.315 e. The molecule has 0 amide bonds. The zero-order valence-corrected chi connectivity index (χ0v) is 20.6. The fourth-order valence-electron chi connectivity index (χ4n) is 3.46. The molecule has 1 radical (unpaired) electrons. The van der Waals surface area contributed by atoms with Crippen LogP contribution >= 0.6 is 0 Å². The number of carbonyl (C=O) groups is 1. The predicted octanol–water partition coefficient (Wildman–Crippen LogP) is 4.77. The van der Waals surface area contributed by atoms with Crippen molar-refractivity contribution in [2.24, 2.45) is 0 Å². The van der Waals surface area contributed by atoms with E-state index < -0.39 is 17.9 Å². The first kappa shape index (κ1) is 27.0. The Morgan fingerprint density at radius 2 is 1.33 bits per heavy atom. The summed E-state index contributed by atoms with van der Waals surface area (Å²) in [6.45, 7) is 0.648. The van der Waals surface area contributed by atoms with Gasteiger partial charge in [-0.15, -0.1) is 0 Å². The molecule has 0 atom stereocenters. The number of esters is 1. The molecule has 7 nitrogen and oxygen atoms in total. The molecule has 0 aliphatic rings. The van der Waals surface area contributed by atoms with E-state index in [1.54, 1.807) is 0 Å². The van der Waals surface area contributed by atoms with Crippen LogP contribution in [0.1, 0.15) is 22.8 Å². The highest BCUT2D eigenvalue weighted by Gasteiger charge is 2.26. The van der Waals surface area contributed by atoms with Crippen LogP contribution < -0.4 is 14.2 Å². The summed E-state index contributed by atoms with van der Waals surface area (Å²) < 4.78 is 47.6. The SMILES string of the molecule is COCCOc1c([CH]C(=O)OC(c2ccccc2)c2ccccc2)cc(OC)c(F)c1OCCOC. The van der Waals surface area contributed by atoms with E-state index in [1.807, 2.05) is 60.7 Å². The third kappa shape index (κ3) is 7.19. The van der Waals surface area contributed by atoms with E-state index >= 15 is 4.39 Å². The summed E-state index contributed by atoms with van der Waals surface area (Å²) in [6, 6.07) is 20.2. The van der Waals surface area contributed by atoms with Crippen molar-refractivity contribution in [2.45, 2.75) is 6.10 Å². The van der Waals surface area contributed by atoms with Crippen molar-refractivity contribution in [2.75, 3.05) is 47.8 Å². The maximum absolute atomic E-state index is 15.1. The lowest BCUT2D eigenvalue weighted by Gasteiger charge is -2.21. The standard InChI is InChI=1S/C28H30FO7/c1-31-14-16-34-27-22(18-23(33-3)25(29)28(27)35-17-15-32-2)19-24(30)36-26(20-10-6-4-7-11-20)21-12-8-5-9-13-21/h4-13,18-19,26H,14-17H2,1-3H3. The van der Waals surface area contributed by atoms with E-state index in [0.29, 0.717) is 0 Å². The molecule has 0 heterocycles. The molecule has 0 N–H and O–H groups in total. The quantitative estimate of drug-likeness (QED) is 0.235. The van der Waals surface area contributed by atoms with Crippen molar-refractivity contribution in [1.82, 2.24) is 0 Å². The maximum atomic E-state index is 15.1. The Labute approximate surface area is 210 Å². The molecule has 0 saturated heterocycles. The number of methoxy groups -OCH3 is 3. The average Bonchev–Trinajstić information content (AvgIpc) is 2.91. The van der Waals surface area contributed by atoms with Gasteiger partial charge in [0.25, 0.3) is 0 Å². The Morgan fingerprint density at radius 1 is 0.806 bits per heavy atom. The van der Waals surface area contributed by atoms with Crippen LogP contribution in [-0.4, -0.2) is 53.7 Å². The molecule has 8 heteroatoms. The fraction of sp³-hybridized carbons (Fsp3) is 0.286. The molecule has 3 aromatic rings. The Morgan fingerprint density at radius 3 is 1.83 bits per heavy atom. The van der Waals surface area contributed by atoms with Crippen LogP contribution in [0.25, 0.3) is 0 Å². The van der Waals surface area contributed by atoms with Crippen molar-refractivity contribution in [3.63, 3.8) is 0 Å². The van der Waals surface area contributed by atoms with Crippen LogP contribution in [-0.2, 0) is 19.0 Å². The number of benzene rings is 3. The van der Waals surface area contributed by atoms with Gasteiger partial charge in [-0.05, 0) is 17.2 Å². The number of hydrogen-bond donors (Lipinski definition) is 0. The predicted molar refractivity (Wildman–Crippen MR) is 132 cm³/mol. The number of hydrogen-bond acceptors (Lipinski definition) is 7. The molecular formula is C28H30FO7. The number of halogens is 1. The van der Waals surface area contributed by atoms with E-state index in [2.05, 4.69) is 0 Å². The fourth-order valence-corrected chi connectivity index (χ4v) is 3.46. The van der Waals surface area contributed by atoms with E-state index in [1.165, 1.54) is 33.8 Å². The molecule has 0 saturated carbocycles. The topological polar surface area (TPSA) is 72.5 Å². The molecule has 0 aliphatic heterocycles. The summed E-state index contributed by atoms with van der Waals surface area (Å²) in [5.74, 6) is -1.67. The van der Waals surface area contributed by atoms with Crippen molar-refractivity contribution < 1.29 is 37.6 Å². The van der Waals surface area contributed by atoms with Gasteiger partial charge >= 0.3 is 5.97 Å². The molecule has 36 heavy (non-hydrogen) atoms. The molecule has 0 aromatic heterocycles. The second-order valence-electron chi connectivity index (χ2n) is 7.61. The third-order valence-corrected chi connectivity index (χ3v) is 5.17. The van der Waals surface area contributed by atoms with E-state index in [4.69, 9.17) is 28.4 Å². The minimum atomic E-state index is -0.752. The van der Waals surface area contributed by atoms with Gasteiger partial charge < -0.3 is 28.4 Å². The normalized spacial score (nSPS) is 10.8. The minimum absolute atomic E-state index is 0.0365. The largest absolute Gasteiger partial charge is 0.494 e. The van der Waals surface area contributed by atoms with Crippen molar-refractivity contribution in [3.8, 4) is 17.2 Å². The van der Waals surface area contributed by atoms with Gasteiger partial charge in [-0.3, -0.25) is 4.79 Å². The van der Waals surface area contributed by atoms with Gasteiger partial charge in [-0.2, -0.15) is 4.39 Å². The van der Waals surface area contributed by atoms with E-state index in [9.17, 15) is 4.79 Å². The summed E-state index contributed by atoms with van der Waals surface area (Å²) in [6.07, 6.45) is 0.584. The summed E-state index contributed by atoms with van der Waals surface area (Å²) in [5.41, 5.74) is 1.85. The first-order valence-corrected chi connectivity index (χ1v) is 11.4. The summed E-state index contributed by atoms with van der Waals surface area (Å²) in [5, 5.41) is 0. The van der Waals surface area contributed by atoms with Gasteiger partial charge in [-0.25, -0.2) is 0 Å². The van der Waals surface area contributed by atoms with Crippen LogP contribution in [0.4, 0.5) is 4.39 Å². The van der Waals surface area contributed by atoms with Crippen molar-refractivity contribution in [1.29, 1.82) is 0 Å². The van der Waals surface area contributed by atoms with Crippen LogP contribution in [0.15, 0.2) is 66.7 Å². The lowest BCUT2D eigenvalue weighted by molar-refractivity contribution is -0.142. The molecule has 0 bridgehead atoms. The van der Waals surface area contributed by atoms with Crippen LogP contribution in [0.5, 0.6) is 17.2 Å². The number of carbonyl (C=O) groups excluding carboxylic acids is 1.